The lowest BCUT2D eigenvalue weighted by atomic mass is 9.80. The van der Waals surface area contributed by atoms with E-state index in [0.717, 1.165) is 24.9 Å². The van der Waals surface area contributed by atoms with E-state index in [1.165, 1.54) is 161 Å². The molecule has 2 nitrogen and oxygen atoms in total. The largest absolute Gasteiger partial charge is 0.333 e. The van der Waals surface area contributed by atoms with Crippen LogP contribution in [0.2, 0.25) is 0 Å². The van der Waals surface area contributed by atoms with Crippen molar-refractivity contribution in [2.45, 2.75) is 152 Å². The van der Waals surface area contributed by atoms with Gasteiger partial charge < -0.3 is 9.48 Å². The molecule has 5 aliphatic rings. The highest BCUT2D eigenvalue weighted by molar-refractivity contribution is 6.02. The molecule has 0 unspecified atom stereocenters. The first kappa shape index (κ1) is 31.8. The van der Waals surface area contributed by atoms with Crippen molar-refractivity contribution < 1.29 is 4.58 Å². The Morgan fingerprint density at radius 1 is 0.469 bits per heavy atom. The molecule has 4 fully saturated rings. The molecule has 0 aromatic heterocycles. The van der Waals surface area contributed by atoms with Gasteiger partial charge in [-0.2, -0.15) is 0 Å². The summed E-state index contributed by atoms with van der Waals surface area (Å²) in [5.74, 6) is 2.77. The first-order chi connectivity index (χ1) is 24.3. The van der Waals surface area contributed by atoms with E-state index in [2.05, 4.69) is 76.5 Å². The van der Waals surface area contributed by atoms with Crippen molar-refractivity contribution in [3.8, 4) is 0 Å². The van der Waals surface area contributed by atoms with Gasteiger partial charge in [0.15, 0.2) is 0 Å². The van der Waals surface area contributed by atoms with Gasteiger partial charge in [0.1, 0.15) is 13.1 Å². The Balaban J connectivity index is 1.18. The summed E-state index contributed by atoms with van der Waals surface area (Å²) in [4.78, 5) is 2.59. The molecule has 0 radical (unpaired) electrons. The van der Waals surface area contributed by atoms with Crippen molar-refractivity contribution in [2.24, 2.45) is 0 Å². The van der Waals surface area contributed by atoms with Gasteiger partial charge in [0.2, 0.25) is 6.34 Å². The van der Waals surface area contributed by atoms with E-state index in [9.17, 15) is 0 Å². The van der Waals surface area contributed by atoms with E-state index in [-0.39, 0.29) is 0 Å². The number of anilines is 1. The smallest absolute Gasteiger partial charge is 0.206 e. The van der Waals surface area contributed by atoms with Crippen LogP contribution in [0.4, 0.5) is 11.4 Å². The SMILES string of the molecule is [C-]1=[N+](c2c(C3CCCCC3)ccc3ccc(C4CCCCC4)cc23)CCN1c1c(C2CCCCC2)ccc2ccc(C3CCCCC3)cc12. The fourth-order valence-corrected chi connectivity index (χ4v) is 10.9. The van der Waals surface area contributed by atoms with Crippen LogP contribution in [0.3, 0.4) is 0 Å². The topological polar surface area (TPSA) is 6.25 Å². The zero-order chi connectivity index (χ0) is 32.6. The van der Waals surface area contributed by atoms with Crippen LogP contribution >= 0.6 is 0 Å². The zero-order valence-electron chi connectivity index (χ0n) is 30.0. The minimum absolute atomic E-state index is 0.663. The Morgan fingerprint density at radius 2 is 0.918 bits per heavy atom. The predicted molar refractivity (Wildman–Crippen MR) is 208 cm³/mol. The maximum Gasteiger partial charge on any atom is 0.206 e. The molecule has 0 saturated heterocycles. The van der Waals surface area contributed by atoms with E-state index in [4.69, 9.17) is 0 Å². The lowest BCUT2D eigenvalue weighted by molar-refractivity contribution is -0.423. The molecule has 49 heavy (non-hydrogen) atoms. The summed E-state index contributed by atoms with van der Waals surface area (Å²) in [5, 5.41) is 5.76. The fourth-order valence-electron chi connectivity index (χ4n) is 10.9. The van der Waals surface area contributed by atoms with Crippen LogP contribution in [0.5, 0.6) is 0 Å². The monoisotopic (exact) mass is 650 g/mol. The highest BCUT2D eigenvalue weighted by Crippen LogP contribution is 2.46. The number of hydrogen-bond donors (Lipinski definition) is 0. The van der Waals surface area contributed by atoms with Crippen LogP contribution in [0, 0.1) is 0 Å². The van der Waals surface area contributed by atoms with Crippen LogP contribution in [0.15, 0.2) is 60.7 Å². The van der Waals surface area contributed by atoms with Crippen LogP contribution in [-0.2, 0) is 0 Å². The number of nitrogens with zero attached hydrogens (tertiary/aromatic N) is 2. The summed E-state index contributed by atoms with van der Waals surface area (Å²) in [6.07, 6.45) is 31.5. The van der Waals surface area contributed by atoms with Crippen LogP contribution in [0.1, 0.15) is 174 Å². The van der Waals surface area contributed by atoms with Gasteiger partial charge in [-0.3, -0.25) is 0 Å². The lowest BCUT2D eigenvalue weighted by Gasteiger charge is -2.30. The standard InChI is InChI=1S/C47H58N2/c1-5-13-34(14-6-1)40-23-21-38-25-27-42(36-17-9-3-10-18-36)46(44(38)31-40)48-29-30-49(33-48)47-43(37-19-11-4-12-20-37)28-26-39-22-24-41(32-45(39)47)35-15-7-2-8-16-35/h21-28,31-32,34-37H,1-20,29-30H2. The third-order valence-corrected chi connectivity index (χ3v) is 13.7. The average molecular weight is 651 g/mol. The Labute approximate surface area is 296 Å². The van der Waals surface area contributed by atoms with Gasteiger partial charge in [-0.25, -0.2) is 0 Å². The van der Waals surface area contributed by atoms with Gasteiger partial charge >= 0.3 is 0 Å². The molecular weight excluding hydrogens is 593 g/mol. The third-order valence-electron chi connectivity index (χ3n) is 13.7. The minimum Gasteiger partial charge on any atom is -0.333 e. The molecule has 4 saturated carbocycles. The predicted octanol–water partition coefficient (Wildman–Crippen LogP) is 13.3. The molecule has 2 heteroatoms. The molecule has 4 aromatic carbocycles. The Morgan fingerprint density at radius 3 is 1.49 bits per heavy atom. The van der Waals surface area contributed by atoms with Crippen LogP contribution in [0.25, 0.3) is 21.5 Å². The molecule has 0 N–H and O–H groups in total. The van der Waals surface area contributed by atoms with Gasteiger partial charge in [0, 0.05) is 11.4 Å². The van der Waals surface area contributed by atoms with Gasteiger partial charge in [0.05, 0.1) is 0 Å². The van der Waals surface area contributed by atoms with Gasteiger partial charge in [-0.15, -0.1) is 0 Å². The molecule has 4 aromatic rings. The fraction of sp³-hybridized carbons (Fsp3) is 0.553. The third kappa shape index (κ3) is 6.36. The maximum atomic E-state index is 4.13. The quantitative estimate of drug-likeness (QED) is 0.149. The first-order valence-electron chi connectivity index (χ1n) is 20.7. The first-order valence-corrected chi connectivity index (χ1v) is 20.7. The Hall–Kier alpha value is -3.13. The van der Waals surface area contributed by atoms with Gasteiger partial charge in [0.25, 0.3) is 0 Å². The number of rotatable bonds is 6. The molecule has 9 rings (SSSR count). The van der Waals surface area contributed by atoms with E-state index in [1.807, 2.05) is 0 Å². The van der Waals surface area contributed by atoms with Crippen molar-refractivity contribution in [3.63, 3.8) is 0 Å². The summed E-state index contributed by atoms with van der Waals surface area (Å²) < 4.78 is 2.59. The van der Waals surface area contributed by atoms with E-state index < -0.39 is 0 Å². The lowest BCUT2D eigenvalue weighted by Crippen LogP contribution is -2.22. The average Bonchev–Trinajstić information content (AvgIpc) is 3.67. The second kappa shape index (κ2) is 14.2. The van der Waals surface area contributed by atoms with Crippen LogP contribution < -0.4 is 4.90 Å². The zero-order valence-corrected chi connectivity index (χ0v) is 30.0. The van der Waals surface area contributed by atoms with Crippen LogP contribution in [-0.4, -0.2) is 24.0 Å². The van der Waals surface area contributed by atoms with E-state index in [0.29, 0.717) is 11.8 Å². The molecule has 0 atom stereocenters. The molecule has 1 aliphatic heterocycles. The highest BCUT2D eigenvalue weighted by Gasteiger charge is 2.29. The van der Waals surface area contributed by atoms with E-state index >= 15 is 0 Å². The molecular formula is C47H58N2. The minimum atomic E-state index is 0.663. The number of hydrogen-bond acceptors (Lipinski definition) is 1. The molecule has 0 amide bonds. The van der Waals surface area contributed by atoms with Gasteiger partial charge in [-0.1, -0.05) is 149 Å². The normalized spacial score (nSPS) is 22.3. The summed E-state index contributed by atoms with van der Waals surface area (Å²) in [5.41, 5.74) is 9.29. The van der Waals surface area contributed by atoms with Crippen molar-refractivity contribution in [1.29, 1.82) is 0 Å². The van der Waals surface area contributed by atoms with Crippen molar-refractivity contribution in [2.75, 3.05) is 18.0 Å². The Bertz CT molecular complexity index is 1800. The molecule has 0 bridgehead atoms. The Kier molecular flexibility index (Phi) is 9.25. The van der Waals surface area contributed by atoms with Crippen molar-refractivity contribution >= 4 is 39.3 Å². The molecule has 4 aliphatic carbocycles. The summed E-state index contributed by atoms with van der Waals surface area (Å²) >= 11 is 0. The maximum absolute atomic E-state index is 4.13. The van der Waals surface area contributed by atoms with Crippen molar-refractivity contribution in [1.82, 2.24) is 0 Å². The van der Waals surface area contributed by atoms with Gasteiger partial charge in [-0.05, 0) is 108 Å². The van der Waals surface area contributed by atoms with Crippen molar-refractivity contribution in [3.05, 3.63) is 82.9 Å². The van der Waals surface area contributed by atoms with E-state index in [1.54, 1.807) is 22.3 Å². The summed E-state index contributed by atoms with van der Waals surface area (Å²) in [7, 11) is 0. The molecule has 1 heterocycles. The summed E-state index contributed by atoms with van der Waals surface area (Å²) in [6.45, 7) is 2.02. The molecule has 0 spiro atoms. The summed E-state index contributed by atoms with van der Waals surface area (Å²) in [6, 6.07) is 25.0. The highest BCUT2D eigenvalue weighted by atomic mass is 15.3. The number of fused-ring (bicyclic) bond motifs is 2. The molecule has 256 valence electrons. The second-order valence-corrected chi connectivity index (χ2v) is 16.7. The number of benzene rings is 4. The second-order valence-electron chi connectivity index (χ2n) is 16.7.